The minimum absolute atomic E-state index is 0.0689. The predicted octanol–water partition coefficient (Wildman–Crippen LogP) is 3.62. The van der Waals surface area contributed by atoms with Gasteiger partial charge >= 0.3 is 6.03 Å². The third-order valence-corrected chi connectivity index (χ3v) is 3.15. The SMILES string of the molecule is CCN(CC)C(=O)Nc1ccc(-c2ccccn2)cc1. The van der Waals surface area contributed by atoms with Crippen molar-refractivity contribution >= 4 is 11.7 Å². The zero-order valence-corrected chi connectivity index (χ0v) is 11.8. The number of pyridine rings is 1. The van der Waals surface area contributed by atoms with E-state index in [1.54, 1.807) is 11.1 Å². The molecule has 2 aromatic rings. The molecule has 1 aromatic carbocycles. The topological polar surface area (TPSA) is 45.2 Å². The number of carbonyl (C=O) groups excluding carboxylic acids is 1. The van der Waals surface area contributed by atoms with Crippen LogP contribution in [-0.4, -0.2) is 29.0 Å². The van der Waals surface area contributed by atoms with Crippen LogP contribution in [0.1, 0.15) is 13.8 Å². The molecule has 0 bridgehead atoms. The Morgan fingerprint density at radius 3 is 2.35 bits per heavy atom. The molecule has 0 saturated heterocycles. The molecule has 2 amide bonds. The second-order valence-electron chi connectivity index (χ2n) is 4.39. The number of carbonyl (C=O) groups is 1. The Labute approximate surface area is 119 Å². The summed E-state index contributed by atoms with van der Waals surface area (Å²) in [6, 6.07) is 13.4. The monoisotopic (exact) mass is 269 g/mol. The zero-order chi connectivity index (χ0) is 14.4. The summed E-state index contributed by atoms with van der Waals surface area (Å²) in [5.41, 5.74) is 2.75. The lowest BCUT2D eigenvalue weighted by Gasteiger charge is -2.19. The summed E-state index contributed by atoms with van der Waals surface area (Å²) in [7, 11) is 0. The van der Waals surface area contributed by atoms with Gasteiger partial charge in [-0.2, -0.15) is 0 Å². The van der Waals surface area contributed by atoms with Crippen LogP contribution in [0, 0.1) is 0 Å². The van der Waals surface area contributed by atoms with Crippen LogP contribution in [0.4, 0.5) is 10.5 Å². The first-order valence-corrected chi connectivity index (χ1v) is 6.82. The number of hydrogen-bond donors (Lipinski definition) is 1. The molecule has 0 aliphatic carbocycles. The molecule has 4 nitrogen and oxygen atoms in total. The van der Waals surface area contributed by atoms with Gasteiger partial charge in [0.05, 0.1) is 5.69 Å². The number of anilines is 1. The highest BCUT2D eigenvalue weighted by Gasteiger charge is 2.09. The van der Waals surface area contributed by atoms with Crippen LogP contribution in [0.25, 0.3) is 11.3 Å². The van der Waals surface area contributed by atoms with E-state index in [9.17, 15) is 4.79 Å². The van der Waals surface area contributed by atoms with Gasteiger partial charge in [-0.3, -0.25) is 4.98 Å². The molecular formula is C16H19N3O. The number of benzene rings is 1. The Balaban J connectivity index is 2.07. The molecule has 0 aliphatic rings. The molecule has 0 fully saturated rings. The van der Waals surface area contributed by atoms with E-state index >= 15 is 0 Å². The Morgan fingerprint density at radius 1 is 1.10 bits per heavy atom. The molecule has 2 rings (SSSR count). The molecule has 1 N–H and O–H groups in total. The molecule has 0 radical (unpaired) electrons. The Morgan fingerprint density at radius 2 is 1.80 bits per heavy atom. The van der Waals surface area contributed by atoms with E-state index in [0.29, 0.717) is 13.1 Å². The maximum atomic E-state index is 11.9. The van der Waals surface area contributed by atoms with E-state index in [4.69, 9.17) is 0 Å². The van der Waals surface area contributed by atoms with Gasteiger partial charge in [0.2, 0.25) is 0 Å². The molecule has 0 saturated carbocycles. The van der Waals surface area contributed by atoms with Gasteiger partial charge in [0.1, 0.15) is 0 Å². The van der Waals surface area contributed by atoms with E-state index in [1.165, 1.54) is 0 Å². The zero-order valence-electron chi connectivity index (χ0n) is 11.8. The summed E-state index contributed by atoms with van der Waals surface area (Å²) in [6.45, 7) is 5.34. The van der Waals surface area contributed by atoms with Crippen LogP contribution in [-0.2, 0) is 0 Å². The van der Waals surface area contributed by atoms with Gasteiger partial charge in [-0.1, -0.05) is 18.2 Å². The van der Waals surface area contributed by atoms with E-state index < -0.39 is 0 Å². The van der Waals surface area contributed by atoms with Crippen LogP contribution in [0.5, 0.6) is 0 Å². The molecule has 1 aromatic heterocycles. The summed E-state index contributed by atoms with van der Waals surface area (Å²) in [6.07, 6.45) is 1.77. The van der Waals surface area contributed by atoms with Crippen molar-refractivity contribution in [3.05, 3.63) is 48.7 Å². The summed E-state index contributed by atoms with van der Waals surface area (Å²) in [5.74, 6) is 0. The van der Waals surface area contributed by atoms with Gasteiger partial charge in [-0.25, -0.2) is 4.79 Å². The normalized spacial score (nSPS) is 10.1. The van der Waals surface area contributed by atoms with Crippen molar-refractivity contribution in [3.8, 4) is 11.3 Å². The second kappa shape index (κ2) is 6.70. The average molecular weight is 269 g/mol. The fraction of sp³-hybridized carbons (Fsp3) is 0.250. The minimum Gasteiger partial charge on any atom is -0.325 e. The summed E-state index contributed by atoms with van der Waals surface area (Å²) >= 11 is 0. The molecule has 0 atom stereocenters. The summed E-state index contributed by atoms with van der Waals surface area (Å²) in [4.78, 5) is 18.0. The number of urea groups is 1. The number of amides is 2. The number of aromatic nitrogens is 1. The van der Waals surface area contributed by atoms with Crippen molar-refractivity contribution in [2.45, 2.75) is 13.8 Å². The fourth-order valence-electron chi connectivity index (χ4n) is 1.97. The quantitative estimate of drug-likeness (QED) is 0.921. The highest BCUT2D eigenvalue weighted by molar-refractivity contribution is 5.89. The predicted molar refractivity (Wildman–Crippen MR) is 81.6 cm³/mol. The first-order chi connectivity index (χ1) is 9.74. The van der Waals surface area contributed by atoms with Crippen molar-refractivity contribution in [1.82, 2.24) is 9.88 Å². The number of rotatable bonds is 4. The molecule has 0 spiro atoms. The van der Waals surface area contributed by atoms with Crippen molar-refractivity contribution in [2.24, 2.45) is 0 Å². The highest BCUT2D eigenvalue weighted by Crippen LogP contribution is 2.19. The Bertz CT molecular complexity index is 548. The lowest BCUT2D eigenvalue weighted by Crippen LogP contribution is -2.34. The fourth-order valence-corrected chi connectivity index (χ4v) is 1.97. The summed E-state index contributed by atoms with van der Waals surface area (Å²) in [5, 5.41) is 2.89. The molecule has 20 heavy (non-hydrogen) atoms. The van der Waals surface area contributed by atoms with E-state index in [1.807, 2.05) is 56.3 Å². The van der Waals surface area contributed by atoms with Crippen LogP contribution < -0.4 is 5.32 Å². The Hall–Kier alpha value is -2.36. The van der Waals surface area contributed by atoms with Gasteiger partial charge in [-0.05, 0) is 38.1 Å². The van der Waals surface area contributed by atoms with Crippen LogP contribution in [0.15, 0.2) is 48.7 Å². The molecule has 1 heterocycles. The molecular weight excluding hydrogens is 250 g/mol. The van der Waals surface area contributed by atoms with E-state index in [0.717, 1.165) is 16.9 Å². The average Bonchev–Trinajstić information content (AvgIpc) is 2.50. The highest BCUT2D eigenvalue weighted by atomic mass is 16.2. The van der Waals surface area contributed by atoms with Gasteiger partial charge in [-0.15, -0.1) is 0 Å². The molecule has 104 valence electrons. The van der Waals surface area contributed by atoms with Crippen molar-refractivity contribution in [3.63, 3.8) is 0 Å². The lowest BCUT2D eigenvalue weighted by molar-refractivity contribution is 0.217. The van der Waals surface area contributed by atoms with E-state index in [-0.39, 0.29) is 6.03 Å². The number of hydrogen-bond acceptors (Lipinski definition) is 2. The smallest absolute Gasteiger partial charge is 0.321 e. The molecule has 0 aliphatic heterocycles. The number of nitrogens with one attached hydrogen (secondary N) is 1. The maximum Gasteiger partial charge on any atom is 0.321 e. The minimum atomic E-state index is -0.0689. The van der Waals surface area contributed by atoms with Gasteiger partial charge in [0.15, 0.2) is 0 Å². The van der Waals surface area contributed by atoms with Gasteiger partial charge < -0.3 is 10.2 Å². The van der Waals surface area contributed by atoms with Crippen molar-refractivity contribution < 1.29 is 4.79 Å². The number of nitrogens with zero attached hydrogens (tertiary/aromatic N) is 2. The van der Waals surface area contributed by atoms with Crippen molar-refractivity contribution in [1.29, 1.82) is 0 Å². The first-order valence-electron chi connectivity index (χ1n) is 6.82. The second-order valence-corrected chi connectivity index (χ2v) is 4.39. The molecule has 4 heteroatoms. The van der Waals surface area contributed by atoms with E-state index in [2.05, 4.69) is 10.3 Å². The van der Waals surface area contributed by atoms with Crippen LogP contribution >= 0.6 is 0 Å². The first kappa shape index (κ1) is 14.1. The summed E-state index contributed by atoms with van der Waals surface area (Å²) < 4.78 is 0. The largest absolute Gasteiger partial charge is 0.325 e. The third-order valence-electron chi connectivity index (χ3n) is 3.15. The Kier molecular flexibility index (Phi) is 4.71. The van der Waals surface area contributed by atoms with Crippen molar-refractivity contribution in [2.75, 3.05) is 18.4 Å². The lowest BCUT2D eigenvalue weighted by atomic mass is 10.1. The van der Waals surface area contributed by atoms with Crippen LogP contribution in [0.2, 0.25) is 0 Å². The van der Waals surface area contributed by atoms with Crippen LogP contribution in [0.3, 0.4) is 0 Å². The standard InChI is InChI=1S/C16H19N3O/c1-3-19(4-2)16(20)18-14-10-8-13(9-11-14)15-7-5-6-12-17-15/h5-12H,3-4H2,1-2H3,(H,18,20). The van der Waals surface area contributed by atoms with Gasteiger partial charge in [0.25, 0.3) is 0 Å². The third kappa shape index (κ3) is 3.35. The molecule has 0 unspecified atom stereocenters. The maximum absolute atomic E-state index is 11.9. The van der Waals surface area contributed by atoms with Gasteiger partial charge in [0, 0.05) is 30.5 Å².